The minimum Gasteiger partial charge on any atom is -0.496 e. The van der Waals surface area contributed by atoms with Gasteiger partial charge in [0, 0.05) is 43.6 Å². The van der Waals surface area contributed by atoms with Crippen LogP contribution in [0, 0.1) is 0 Å². The van der Waals surface area contributed by atoms with Crippen LogP contribution in [0.4, 0.5) is 0 Å². The lowest BCUT2D eigenvalue weighted by atomic mass is 10.0. The van der Waals surface area contributed by atoms with Crippen molar-refractivity contribution in [1.82, 2.24) is 20.2 Å². The Hall–Kier alpha value is -2.67. The topological polar surface area (TPSA) is 76.6 Å². The Kier molecular flexibility index (Phi) is 6.59. The van der Waals surface area contributed by atoms with Crippen molar-refractivity contribution in [3.05, 3.63) is 47.9 Å². The van der Waals surface area contributed by atoms with Gasteiger partial charge in [-0.2, -0.15) is 0 Å². The summed E-state index contributed by atoms with van der Waals surface area (Å²) in [6.45, 7) is 2.11. The van der Waals surface area contributed by atoms with E-state index in [4.69, 9.17) is 9.47 Å². The van der Waals surface area contributed by atoms with E-state index in [-0.39, 0.29) is 5.91 Å². The zero-order chi connectivity index (χ0) is 19.1. The lowest BCUT2D eigenvalue weighted by Gasteiger charge is -2.32. The molecule has 3 rings (SSSR count). The van der Waals surface area contributed by atoms with Crippen molar-refractivity contribution in [2.45, 2.75) is 31.8 Å². The minimum atomic E-state index is 0.147. The third-order valence-electron chi connectivity index (χ3n) is 4.87. The molecule has 144 valence electrons. The van der Waals surface area contributed by atoms with Crippen LogP contribution in [0.25, 0.3) is 0 Å². The van der Waals surface area contributed by atoms with Gasteiger partial charge in [-0.05, 0) is 18.9 Å². The van der Waals surface area contributed by atoms with Gasteiger partial charge in [-0.1, -0.05) is 18.2 Å². The fraction of sp³-hybridized carbons (Fsp3) is 0.450. The number of para-hydroxylation sites is 1. The smallest absolute Gasteiger partial charge is 0.236 e. The molecule has 27 heavy (non-hydrogen) atoms. The predicted molar refractivity (Wildman–Crippen MR) is 102 cm³/mol. The Bertz CT molecular complexity index is 760. The van der Waals surface area contributed by atoms with E-state index in [9.17, 15) is 4.79 Å². The zero-order valence-electron chi connectivity index (χ0n) is 15.9. The molecule has 0 aliphatic carbocycles. The minimum absolute atomic E-state index is 0.147. The summed E-state index contributed by atoms with van der Waals surface area (Å²) < 4.78 is 10.6. The van der Waals surface area contributed by atoms with Crippen LogP contribution in [0.5, 0.6) is 11.6 Å². The molecule has 0 unspecified atom stereocenters. The van der Waals surface area contributed by atoms with Crippen molar-refractivity contribution in [3.8, 4) is 11.6 Å². The first-order valence-electron chi connectivity index (χ1n) is 9.18. The molecule has 0 atom stereocenters. The van der Waals surface area contributed by atoms with Crippen LogP contribution < -0.4 is 14.8 Å². The average Bonchev–Trinajstić information content (AvgIpc) is 2.73. The van der Waals surface area contributed by atoms with Gasteiger partial charge in [0.15, 0.2) is 0 Å². The summed E-state index contributed by atoms with van der Waals surface area (Å²) in [7, 11) is 3.23. The molecule has 1 saturated heterocycles. The van der Waals surface area contributed by atoms with Crippen molar-refractivity contribution in [1.29, 1.82) is 0 Å². The summed E-state index contributed by atoms with van der Waals surface area (Å²) in [5.41, 5.74) is 1.73. The zero-order valence-corrected chi connectivity index (χ0v) is 15.9. The maximum Gasteiger partial charge on any atom is 0.236 e. The highest BCUT2D eigenvalue weighted by Crippen LogP contribution is 2.20. The number of piperidine rings is 1. The first-order valence-corrected chi connectivity index (χ1v) is 9.18. The molecule has 2 heterocycles. The molecule has 2 aromatic rings. The fourth-order valence-corrected chi connectivity index (χ4v) is 3.34. The van der Waals surface area contributed by atoms with E-state index in [0.717, 1.165) is 42.9 Å². The van der Waals surface area contributed by atoms with E-state index in [0.29, 0.717) is 24.9 Å². The number of ether oxygens (including phenoxy) is 2. The Balaban J connectivity index is 1.48. The monoisotopic (exact) mass is 370 g/mol. The van der Waals surface area contributed by atoms with Crippen LogP contribution >= 0.6 is 0 Å². The molecule has 1 aromatic carbocycles. The fourth-order valence-electron chi connectivity index (χ4n) is 3.34. The number of hydrogen-bond donors (Lipinski definition) is 1. The molecule has 0 saturated carbocycles. The van der Waals surface area contributed by atoms with Gasteiger partial charge in [-0.25, -0.2) is 4.98 Å². The van der Waals surface area contributed by atoms with Crippen LogP contribution in [-0.4, -0.2) is 54.1 Å². The molecule has 7 nitrogen and oxygen atoms in total. The summed E-state index contributed by atoms with van der Waals surface area (Å²) in [5, 5.41) is 3.50. The number of nitrogens with zero attached hydrogens (tertiary/aromatic N) is 3. The molecule has 1 fully saturated rings. The van der Waals surface area contributed by atoms with Crippen LogP contribution in [0.3, 0.4) is 0 Å². The first kappa shape index (κ1) is 19.1. The predicted octanol–water partition coefficient (Wildman–Crippen LogP) is 1.82. The average molecular weight is 370 g/mol. The Morgan fingerprint density at radius 1 is 1.15 bits per heavy atom. The van der Waals surface area contributed by atoms with E-state index in [1.165, 1.54) is 0 Å². The SMILES string of the molecule is COc1ccccc1CC(=O)N1CCC(NCc2nccnc2OC)CC1. The van der Waals surface area contributed by atoms with Crippen molar-refractivity contribution in [2.75, 3.05) is 27.3 Å². The number of carbonyl (C=O) groups excluding carboxylic acids is 1. The first-order chi connectivity index (χ1) is 13.2. The normalized spacial score (nSPS) is 14.8. The van der Waals surface area contributed by atoms with E-state index in [2.05, 4.69) is 15.3 Å². The quantitative estimate of drug-likeness (QED) is 0.801. The Labute approximate surface area is 159 Å². The number of hydrogen-bond acceptors (Lipinski definition) is 6. The third-order valence-corrected chi connectivity index (χ3v) is 4.87. The number of aromatic nitrogens is 2. The number of likely N-dealkylation sites (tertiary alicyclic amines) is 1. The number of rotatable bonds is 7. The lowest BCUT2D eigenvalue weighted by Crippen LogP contribution is -2.45. The second kappa shape index (κ2) is 9.32. The van der Waals surface area contributed by atoms with E-state index >= 15 is 0 Å². The van der Waals surface area contributed by atoms with Crippen molar-refractivity contribution in [2.24, 2.45) is 0 Å². The van der Waals surface area contributed by atoms with Crippen molar-refractivity contribution < 1.29 is 14.3 Å². The molecule has 1 amide bonds. The summed E-state index contributed by atoms with van der Waals surface area (Å²) in [6.07, 6.45) is 5.49. The maximum absolute atomic E-state index is 12.6. The highest BCUT2D eigenvalue weighted by molar-refractivity contribution is 5.79. The summed E-state index contributed by atoms with van der Waals surface area (Å²) in [4.78, 5) is 23.0. The van der Waals surface area contributed by atoms with E-state index < -0.39 is 0 Å². The molecule has 0 bridgehead atoms. The second-order valence-corrected chi connectivity index (χ2v) is 6.54. The van der Waals surface area contributed by atoms with Crippen LogP contribution in [0.15, 0.2) is 36.7 Å². The van der Waals surface area contributed by atoms with Gasteiger partial charge in [0.05, 0.1) is 20.6 Å². The standard InChI is InChI=1S/C20H26N4O3/c1-26-18-6-4-3-5-15(18)13-19(25)24-11-7-16(8-12-24)23-14-17-20(27-2)22-10-9-21-17/h3-6,9-10,16,23H,7-8,11-14H2,1-2H3. The highest BCUT2D eigenvalue weighted by atomic mass is 16.5. The molecular formula is C20H26N4O3. The lowest BCUT2D eigenvalue weighted by molar-refractivity contribution is -0.131. The van der Waals surface area contributed by atoms with Gasteiger partial charge in [-0.15, -0.1) is 0 Å². The van der Waals surface area contributed by atoms with E-state index in [1.54, 1.807) is 26.6 Å². The summed E-state index contributed by atoms with van der Waals surface area (Å²) in [5.74, 6) is 1.46. The Morgan fingerprint density at radius 3 is 2.63 bits per heavy atom. The third kappa shape index (κ3) is 4.95. The summed E-state index contributed by atoms with van der Waals surface area (Å²) >= 11 is 0. The van der Waals surface area contributed by atoms with Crippen molar-refractivity contribution >= 4 is 5.91 Å². The van der Waals surface area contributed by atoms with Gasteiger partial charge < -0.3 is 19.7 Å². The molecule has 0 spiro atoms. The highest BCUT2D eigenvalue weighted by Gasteiger charge is 2.23. The number of benzene rings is 1. The van der Waals surface area contributed by atoms with Gasteiger partial charge in [-0.3, -0.25) is 9.78 Å². The number of methoxy groups -OCH3 is 2. The molecule has 0 radical (unpaired) electrons. The molecular weight excluding hydrogens is 344 g/mol. The Morgan fingerprint density at radius 2 is 1.89 bits per heavy atom. The summed E-state index contributed by atoms with van der Waals surface area (Å²) in [6, 6.07) is 8.03. The number of carbonyl (C=O) groups is 1. The van der Waals surface area contributed by atoms with Crippen LogP contribution in [-0.2, 0) is 17.8 Å². The largest absolute Gasteiger partial charge is 0.496 e. The molecule has 7 heteroatoms. The maximum atomic E-state index is 12.6. The van der Waals surface area contributed by atoms with Gasteiger partial charge in [0.1, 0.15) is 11.4 Å². The number of amides is 1. The van der Waals surface area contributed by atoms with Crippen molar-refractivity contribution in [3.63, 3.8) is 0 Å². The van der Waals surface area contributed by atoms with Gasteiger partial charge in [0.25, 0.3) is 0 Å². The number of nitrogens with one attached hydrogen (secondary N) is 1. The molecule has 1 N–H and O–H groups in total. The second-order valence-electron chi connectivity index (χ2n) is 6.54. The van der Waals surface area contributed by atoms with E-state index in [1.807, 2.05) is 29.2 Å². The molecule has 1 aliphatic rings. The molecule has 1 aromatic heterocycles. The molecule has 1 aliphatic heterocycles. The van der Waals surface area contributed by atoms with Crippen LogP contribution in [0.2, 0.25) is 0 Å². The van der Waals surface area contributed by atoms with Gasteiger partial charge in [0.2, 0.25) is 11.8 Å². The van der Waals surface area contributed by atoms with Gasteiger partial charge >= 0.3 is 0 Å². The van der Waals surface area contributed by atoms with Crippen LogP contribution in [0.1, 0.15) is 24.1 Å².